The molecule has 0 N–H and O–H groups in total. The molecule has 0 radical (unpaired) electrons. The molecule has 1 atom stereocenters. The number of rotatable bonds is 2. The first kappa shape index (κ1) is 12.0. The average Bonchev–Trinajstić information content (AvgIpc) is 2.32. The molecule has 2 aromatic rings. The molecule has 0 aliphatic heterocycles. The number of hydrogen-bond donors (Lipinski definition) is 0. The number of nitrogens with zero attached hydrogens (tertiary/aromatic N) is 1. The fraction of sp³-hybridized carbons (Fsp3) is 0.250. The molecule has 3 nitrogen and oxygen atoms in total. The zero-order valence-electron chi connectivity index (χ0n) is 9.57. The zero-order chi connectivity index (χ0) is 12.6. The van der Waals surface area contributed by atoms with Crippen LogP contribution in [0.4, 0.5) is 4.39 Å². The summed E-state index contributed by atoms with van der Waals surface area (Å²) in [5, 5.41) is 0.396. The second kappa shape index (κ2) is 4.41. The third-order valence-electron chi connectivity index (χ3n) is 2.63. The molecule has 90 valence electrons. The number of fused-ring (bicyclic) bond motifs is 1. The van der Waals surface area contributed by atoms with Crippen LogP contribution in [-0.2, 0) is 17.8 Å². The van der Waals surface area contributed by atoms with Crippen LogP contribution in [0.2, 0.25) is 0 Å². The van der Waals surface area contributed by atoms with Gasteiger partial charge in [-0.15, -0.1) is 0 Å². The molecule has 1 aromatic heterocycles. The van der Waals surface area contributed by atoms with Crippen LogP contribution in [0.1, 0.15) is 6.92 Å². The molecule has 0 fully saturated rings. The second-order valence-corrected chi connectivity index (χ2v) is 5.44. The molecule has 0 aliphatic carbocycles. The quantitative estimate of drug-likeness (QED) is 0.818. The zero-order valence-corrected chi connectivity index (χ0v) is 10.4. The van der Waals surface area contributed by atoms with Crippen LogP contribution in [0.15, 0.2) is 34.1 Å². The fourth-order valence-electron chi connectivity index (χ4n) is 1.74. The summed E-state index contributed by atoms with van der Waals surface area (Å²) in [7, 11) is 0.405. The van der Waals surface area contributed by atoms with Crippen LogP contribution in [0.5, 0.6) is 0 Å². The van der Waals surface area contributed by atoms with Crippen LogP contribution >= 0.6 is 0 Å². The number of aryl methyl sites for hydroxylation is 1. The molecule has 0 aliphatic rings. The number of halogens is 1. The second-order valence-electron chi connectivity index (χ2n) is 3.73. The largest absolute Gasteiger partial charge is 0.349 e. The molecule has 0 amide bonds. The standard InChI is InChI=1S/C12H12FNO2S/c1-3-17(16)11-7-14(2)10-6-8(13)4-5-9(10)12(11)15/h4-7H,3H2,1-2H3. The van der Waals surface area contributed by atoms with Crippen molar-refractivity contribution in [2.24, 2.45) is 7.05 Å². The summed E-state index contributed by atoms with van der Waals surface area (Å²) in [5.74, 6) is -0.000978. The van der Waals surface area contributed by atoms with Gasteiger partial charge in [-0.05, 0) is 18.2 Å². The molecule has 0 saturated carbocycles. The van der Waals surface area contributed by atoms with Crippen LogP contribution in [0, 0.1) is 5.82 Å². The predicted octanol–water partition coefficient (Wildman–Crippen LogP) is 1.81. The number of aromatic nitrogens is 1. The van der Waals surface area contributed by atoms with Gasteiger partial charge in [-0.25, -0.2) is 4.39 Å². The number of benzene rings is 1. The highest BCUT2D eigenvalue weighted by atomic mass is 32.2. The Morgan fingerprint density at radius 1 is 1.41 bits per heavy atom. The van der Waals surface area contributed by atoms with Gasteiger partial charge in [0.15, 0.2) is 0 Å². The monoisotopic (exact) mass is 253 g/mol. The van der Waals surface area contributed by atoms with Crippen molar-refractivity contribution in [3.8, 4) is 0 Å². The van der Waals surface area contributed by atoms with Gasteiger partial charge < -0.3 is 4.57 Å². The summed E-state index contributed by atoms with van der Waals surface area (Å²) in [6, 6.07) is 3.97. The lowest BCUT2D eigenvalue weighted by Gasteiger charge is -2.08. The van der Waals surface area contributed by atoms with Crippen LogP contribution < -0.4 is 5.43 Å². The lowest BCUT2D eigenvalue weighted by atomic mass is 10.2. The summed E-state index contributed by atoms with van der Waals surface area (Å²) in [6.45, 7) is 1.75. The van der Waals surface area contributed by atoms with Gasteiger partial charge in [0.05, 0.1) is 16.3 Å². The molecule has 1 aromatic carbocycles. The predicted molar refractivity (Wildman–Crippen MR) is 66.1 cm³/mol. The highest BCUT2D eigenvalue weighted by Gasteiger charge is 2.12. The van der Waals surface area contributed by atoms with Gasteiger partial charge >= 0.3 is 0 Å². The van der Waals surface area contributed by atoms with E-state index in [1.54, 1.807) is 18.5 Å². The Labute approximate surface area is 100 Å². The van der Waals surface area contributed by atoms with Crippen molar-refractivity contribution >= 4 is 21.7 Å². The van der Waals surface area contributed by atoms with Gasteiger partial charge in [0.1, 0.15) is 10.7 Å². The summed E-state index contributed by atoms with van der Waals surface area (Å²) in [6.07, 6.45) is 1.52. The van der Waals surface area contributed by atoms with Gasteiger partial charge in [0.25, 0.3) is 0 Å². The van der Waals surface area contributed by atoms with E-state index in [2.05, 4.69) is 0 Å². The highest BCUT2D eigenvalue weighted by Crippen LogP contribution is 2.14. The molecule has 0 spiro atoms. The molecule has 1 unspecified atom stereocenters. The van der Waals surface area contributed by atoms with E-state index in [1.165, 1.54) is 24.4 Å². The Morgan fingerprint density at radius 2 is 2.12 bits per heavy atom. The van der Waals surface area contributed by atoms with Crippen molar-refractivity contribution in [2.45, 2.75) is 11.8 Å². The molecule has 1 heterocycles. The summed E-state index contributed by atoms with van der Waals surface area (Å²) < 4.78 is 26.4. The van der Waals surface area contributed by atoms with Gasteiger partial charge in [-0.3, -0.25) is 9.00 Å². The van der Waals surface area contributed by atoms with E-state index in [9.17, 15) is 13.4 Å². The Hall–Kier alpha value is -1.49. The molecular formula is C12H12FNO2S. The molecule has 0 bridgehead atoms. The lowest BCUT2D eigenvalue weighted by Crippen LogP contribution is -2.15. The van der Waals surface area contributed by atoms with E-state index >= 15 is 0 Å². The Balaban J connectivity index is 2.86. The first-order valence-corrected chi connectivity index (χ1v) is 6.53. The molecule has 0 saturated heterocycles. The van der Waals surface area contributed by atoms with Crippen LogP contribution in [0.25, 0.3) is 10.9 Å². The van der Waals surface area contributed by atoms with Crippen molar-refractivity contribution < 1.29 is 8.60 Å². The topological polar surface area (TPSA) is 39.1 Å². The third-order valence-corrected chi connectivity index (χ3v) is 3.93. The van der Waals surface area contributed by atoms with Crippen molar-refractivity contribution in [3.05, 3.63) is 40.4 Å². The smallest absolute Gasteiger partial charge is 0.205 e. The van der Waals surface area contributed by atoms with Crippen molar-refractivity contribution in [3.63, 3.8) is 0 Å². The average molecular weight is 253 g/mol. The summed E-state index contributed by atoms with van der Waals surface area (Å²) >= 11 is 0. The highest BCUT2D eigenvalue weighted by molar-refractivity contribution is 7.85. The first-order chi connectivity index (χ1) is 8.04. The van der Waals surface area contributed by atoms with E-state index in [0.717, 1.165) is 0 Å². The van der Waals surface area contributed by atoms with Gasteiger partial charge in [-0.2, -0.15) is 0 Å². The minimum absolute atomic E-state index is 0.272. The van der Waals surface area contributed by atoms with Crippen molar-refractivity contribution in [1.82, 2.24) is 4.57 Å². The van der Waals surface area contributed by atoms with E-state index in [1.807, 2.05) is 0 Å². The molecule has 17 heavy (non-hydrogen) atoms. The normalized spacial score (nSPS) is 12.9. The number of pyridine rings is 1. The van der Waals surface area contributed by atoms with Gasteiger partial charge in [-0.1, -0.05) is 6.92 Å². The SMILES string of the molecule is CCS(=O)c1cn(C)c2cc(F)ccc2c1=O. The lowest BCUT2D eigenvalue weighted by molar-refractivity contribution is 0.628. The van der Waals surface area contributed by atoms with E-state index in [4.69, 9.17) is 0 Å². The molecule has 2 rings (SSSR count). The number of hydrogen-bond acceptors (Lipinski definition) is 2. The van der Waals surface area contributed by atoms with Crippen LogP contribution in [-0.4, -0.2) is 14.5 Å². The minimum Gasteiger partial charge on any atom is -0.349 e. The minimum atomic E-state index is -1.30. The van der Waals surface area contributed by atoms with Crippen LogP contribution in [0.3, 0.4) is 0 Å². The first-order valence-electron chi connectivity index (χ1n) is 5.22. The molecule has 5 heteroatoms. The van der Waals surface area contributed by atoms with Gasteiger partial charge in [0, 0.05) is 24.4 Å². The summed E-state index contributed by atoms with van der Waals surface area (Å²) in [5.41, 5.74) is 0.227. The fourth-order valence-corrected chi connectivity index (χ4v) is 2.65. The van der Waals surface area contributed by atoms with E-state index < -0.39 is 16.6 Å². The van der Waals surface area contributed by atoms with E-state index in [0.29, 0.717) is 16.7 Å². The van der Waals surface area contributed by atoms with E-state index in [-0.39, 0.29) is 10.3 Å². The van der Waals surface area contributed by atoms with Crippen molar-refractivity contribution in [1.29, 1.82) is 0 Å². The maximum absolute atomic E-state index is 13.1. The van der Waals surface area contributed by atoms with Gasteiger partial charge in [0.2, 0.25) is 5.43 Å². The maximum Gasteiger partial charge on any atom is 0.205 e. The Bertz CT molecular complexity index is 663. The Morgan fingerprint density at radius 3 is 2.76 bits per heavy atom. The Kier molecular flexibility index (Phi) is 3.11. The maximum atomic E-state index is 13.1. The van der Waals surface area contributed by atoms with Crippen molar-refractivity contribution in [2.75, 3.05) is 5.75 Å². The summed E-state index contributed by atoms with van der Waals surface area (Å²) in [4.78, 5) is 12.3. The third kappa shape index (κ3) is 2.02. The molecular weight excluding hydrogens is 241 g/mol.